The normalized spacial score (nSPS) is 19.6. The van der Waals surface area contributed by atoms with Gasteiger partial charge in [-0.05, 0) is 78.8 Å². The Morgan fingerprint density at radius 3 is 2.42 bits per heavy atom. The number of benzene rings is 3. The minimum atomic E-state index is -0.0944. The first kappa shape index (κ1) is 19.7. The van der Waals surface area contributed by atoms with Crippen LogP contribution in [-0.4, -0.2) is 19.6 Å². The molecule has 0 radical (unpaired) electrons. The molecule has 5 rings (SSSR count). The van der Waals surface area contributed by atoms with Gasteiger partial charge >= 0.3 is 0 Å². The maximum absolute atomic E-state index is 13.1. The summed E-state index contributed by atoms with van der Waals surface area (Å²) in [7, 11) is 1.66. The van der Waals surface area contributed by atoms with Crippen LogP contribution in [-0.2, 0) is 17.6 Å². The molecule has 2 aliphatic rings. The van der Waals surface area contributed by atoms with E-state index in [-0.39, 0.29) is 17.9 Å². The summed E-state index contributed by atoms with van der Waals surface area (Å²) in [6, 6.07) is 24.3. The van der Waals surface area contributed by atoms with Crippen LogP contribution < -0.4 is 14.4 Å². The minimum Gasteiger partial charge on any atom is -0.497 e. The second kappa shape index (κ2) is 8.46. The van der Waals surface area contributed by atoms with Crippen molar-refractivity contribution in [3.8, 4) is 11.5 Å². The topological polar surface area (TPSA) is 38.8 Å². The number of carbonyl (C=O) groups excluding carboxylic acids is 1. The molecule has 0 N–H and O–H groups in total. The number of aryl methyl sites for hydroxylation is 2. The molecule has 0 saturated carbocycles. The molecule has 3 aromatic rings. The van der Waals surface area contributed by atoms with Crippen LogP contribution in [0.2, 0.25) is 0 Å². The number of fused-ring (bicyclic) bond motifs is 1. The Morgan fingerprint density at radius 1 is 0.903 bits per heavy atom. The number of anilines is 1. The maximum atomic E-state index is 13.1. The summed E-state index contributed by atoms with van der Waals surface area (Å²) >= 11 is 0. The van der Waals surface area contributed by atoms with E-state index >= 15 is 0 Å². The van der Waals surface area contributed by atoms with E-state index < -0.39 is 0 Å². The highest BCUT2D eigenvalue weighted by Crippen LogP contribution is 2.45. The molecule has 0 aromatic heterocycles. The zero-order chi connectivity index (χ0) is 21.2. The summed E-state index contributed by atoms with van der Waals surface area (Å²) in [5.41, 5.74) is 4.90. The zero-order valence-corrected chi connectivity index (χ0v) is 17.8. The molecule has 1 aliphatic carbocycles. The average molecular weight is 414 g/mol. The lowest BCUT2D eigenvalue weighted by Gasteiger charge is -2.47. The van der Waals surface area contributed by atoms with Crippen molar-refractivity contribution in [2.45, 2.75) is 31.7 Å². The Morgan fingerprint density at radius 2 is 1.65 bits per heavy atom. The standard InChI is InChI=1S/C27H27NO3/c1-30-23-13-11-20(12-14-23)26-25(27(29)28(26)22-8-3-2-4-9-22)16-17-31-24-15-10-19-6-5-7-21(19)18-24/h2-4,8-15,18,25-26H,5-7,16-17H2,1H3/t25-,26-/m1/s1. The Hall–Kier alpha value is -3.27. The highest BCUT2D eigenvalue weighted by atomic mass is 16.5. The number of para-hydroxylation sites is 1. The lowest BCUT2D eigenvalue weighted by molar-refractivity contribution is -0.131. The van der Waals surface area contributed by atoms with E-state index in [2.05, 4.69) is 30.3 Å². The molecule has 1 fully saturated rings. The first-order chi connectivity index (χ1) is 15.2. The van der Waals surface area contributed by atoms with Crippen molar-refractivity contribution in [2.75, 3.05) is 18.6 Å². The third kappa shape index (κ3) is 3.78. The van der Waals surface area contributed by atoms with Crippen molar-refractivity contribution in [3.63, 3.8) is 0 Å². The number of hydrogen-bond acceptors (Lipinski definition) is 3. The van der Waals surface area contributed by atoms with Gasteiger partial charge < -0.3 is 14.4 Å². The van der Waals surface area contributed by atoms with Crippen LogP contribution in [0.5, 0.6) is 11.5 Å². The molecule has 1 aliphatic heterocycles. The predicted octanol–water partition coefficient (Wildman–Crippen LogP) is 5.36. The second-order valence-electron chi connectivity index (χ2n) is 8.29. The molecule has 31 heavy (non-hydrogen) atoms. The third-order valence-corrected chi connectivity index (χ3v) is 6.47. The van der Waals surface area contributed by atoms with Crippen LogP contribution in [0, 0.1) is 5.92 Å². The minimum absolute atomic E-state index is 0.00410. The molecule has 0 spiro atoms. The molecule has 4 heteroatoms. The molecule has 3 aromatic carbocycles. The van der Waals surface area contributed by atoms with Crippen LogP contribution in [0.15, 0.2) is 72.8 Å². The highest BCUT2D eigenvalue weighted by Gasteiger charge is 2.48. The second-order valence-corrected chi connectivity index (χ2v) is 8.29. The van der Waals surface area contributed by atoms with E-state index in [1.807, 2.05) is 47.4 Å². The largest absolute Gasteiger partial charge is 0.497 e. The number of rotatable bonds is 7. The molecular formula is C27H27NO3. The van der Waals surface area contributed by atoms with Crippen LogP contribution in [0.1, 0.15) is 35.6 Å². The highest BCUT2D eigenvalue weighted by molar-refractivity contribution is 6.03. The van der Waals surface area contributed by atoms with Gasteiger partial charge in [0.25, 0.3) is 0 Å². The van der Waals surface area contributed by atoms with Crippen molar-refractivity contribution in [2.24, 2.45) is 5.92 Å². The van der Waals surface area contributed by atoms with Gasteiger partial charge in [-0.3, -0.25) is 4.79 Å². The third-order valence-electron chi connectivity index (χ3n) is 6.47. The number of methoxy groups -OCH3 is 1. The molecule has 4 nitrogen and oxygen atoms in total. The molecule has 158 valence electrons. The van der Waals surface area contributed by atoms with Crippen molar-refractivity contribution in [1.82, 2.24) is 0 Å². The quantitative estimate of drug-likeness (QED) is 0.490. The van der Waals surface area contributed by atoms with Gasteiger partial charge in [0, 0.05) is 5.69 Å². The monoisotopic (exact) mass is 413 g/mol. The number of amides is 1. The molecule has 2 atom stereocenters. The number of nitrogens with zero attached hydrogens (tertiary/aromatic N) is 1. The summed E-state index contributed by atoms with van der Waals surface area (Å²) in [6.07, 6.45) is 4.23. The Balaban J connectivity index is 1.32. The van der Waals surface area contributed by atoms with Crippen molar-refractivity contribution in [1.29, 1.82) is 0 Å². The summed E-state index contributed by atoms with van der Waals surface area (Å²) in [5.74, 6) is 1.79. The van der Waals surface area contributed by atoms with Gasteiger partial charge in [0.2, 0.25) is 5.91 Å². The molecule has 0 bridgehead atoms. The Labute approximate surface area is 183 Å². The van der Waals surface area contributed by atoms with Crippen LogP contribution >= 0.6 is 0 Å². The van der Waals surface area contributed by atoms with E-state index in [1.54, 1.807) is 7.11 Å². The fourth-order valence-electron chi connectivity index (χ4n) is 4.83. The van der Waals surface area contributed by atoms with E-state index in [4.69, 9.17) is 9.47 Å². The SMILES string of the molecule is COc1ccc([C@@H]2[C@@H](CCOc3ccc4c(c3)CCC4)C(=O)N2c2ccccc2)cc1. The first-order valence-corrected chi connectivity index (χ1v) is 11.0. The van der Waals surface area contributed by atoms with Crippen LogP contribution in [0.4, 0.5) is 5.69 Å². The van der Waals surface area contributed by atoms with Crippen LogP contribution in [0.3, 0.4) is 0 Å². The lowest BCUT2D eigenvalue weighted by atomic mass is 9.80. The van der Waals surface area contributed by atoms with Crippen molar-refractivity contribution in [3.05, 3.63) is 89.5 Å². The van der Waals surface area contributed by atoms with Crippen LogP contribution in [0.25, 0.3) is 0 Å². The smallest absolute Gasteiger partial charge is 0.233 e. The first-order valence-electron chi connectivity index (χ1n) is 11.0. The van der Waals surface area contributed by atoms with Crippen molar-refractivity contribution >= 4 is 11.6 Å². The maximum Gasteiger partial charge on any atom is 0.233 e. The summed E-state index contributed by atoms with van der Waals surface area (Å²) in [6.45, 7) is 0.532. The van der Waals surface area contributed by atoms with Gasteiger partial charge in [-0.1, -0.05) is 36.4 Å². The van der Waals surface area contributed by atoms with E-state index in [9.17, 15) is 4.79 Å². The summed E-state index contributed by atoms with van der Waals surface area (Å²) in [4.78, 5) is 15.0. The predicted molar refractivity (Wildman–Crippen MR) is 122 cm³/mol. The van der Waals surface area contributed by atoms with Gasteiger partial charge in [-0.15, -0.1) is 0 Å². The van der Waals surface area contributed by atoms with Gasteiger partial charge in [0.05, 0.1) is 25.7 Å². The van der Waals surface area contributed by atoms with E-state index in [0.717, 1.165) is 29.2 Å². The fraction of sp³-hybridized carbons (Fsp3) is 0.296. The van der Waals surface area contributed by atoms with Gasteiger partial charge in [0.15, 0.2) is 0 Å². The molecule has 1 heterocycles. The van der Waals surface area contributed by atoms with E-state index in [0.29, 0.717) is 13.0 Å². The number of carbonyl (C=O) groups is 1. The van der Waals surface area contributed by atoms with Gasteiger partial charge in [0.1, 0.15) is 11.5 Å². The Kier molecular flexibility index (Phi) is 5.37. The number of ether oxygens (including phenoxy) is 2. The van der Waals surface area contributed by atoms with Crippen molar-refractivity contribution < 1.29 is 14.3 Å². The molecule has 1 saturated heterocycles. The summed E-state index contributed by atoms with van der Waals surface area (Å²) in [5, 5.41) is 0. The molecule has 0 unspecified atom stereocenters. The molecular weight excluding hydrogens is 386 g/mol. The lowest BCUT2D eigenvalue weighted by Crippen LogP contribution is -2.55. The van der Waals surface area contributed by atoms with Gasteiger partial charge in [-0.2, -0.15) is 0 Å². The Bertz CT molecular complexity index is 1060. The zero-order valence-electron chi connectivity index (χ0n) is 17.8. The van der Waals surface area contributed by atoms with Gasteiger partial charge in [-0.25, -0.2) is 0 Å². The van der Waals surface area contributed by atoms with E-state index in [1.165, 1.54) is 24.0 Å². The average Bonchev–Trinajstić information content (AvgIpc) is 3.29. The summed E-state index contributed by atoms with van der Waals surface area (Å²) < 4.78 is 11.4. The molecule has 1 amide bonds. The fourth-order valence-corrected chi connectivity index (χ4v) is 4.83. The number of hydrogen-bond donors (Lipinski definition) is 0. The number of β-lactam (4-membered cyclic amide) rings is 1.